The predicted octanol–water partition coefficient (Wildman–Crippen LogP) is 14.7. The van der Waals surface area contributed by atoms with Crippen LogP contribution in [0.4, 0.5) is 0 Å². The topological polar surface area (TPSA) is 43.9 Å². The molecule has 0 saturated heterocycles. The Morgan fingerprint density at radius 2 is 1.39 bits per heavy atom. The maximum Gasteiger partial charge on any atom is 0.0798 e. The molecule has 0 N–H and O–H groups in total. The summed E-state index contributed by atoms with van der Waals surface area (Å²) in [5.74, 6) is 2.15. The predicted molar refractivity (Wildman–Crippen MR) is 257 cm³/mol. The van der Waals surface area contributed by atoms with Crippen LogP contribution < -0.4 is 5.19 Å². The molecule has 4 nitrogen and oxygen atoms in total. The number of aromatic nitrogens is 3. The monoisotopic (exact) mass is 1000 g/mol. The number of para-hydroxylation sites is 2. The van der Waals surface area contributed by atoms with E-state index in [1.165, 1.54) is 44.3 Å². The minimum Gasteiger partial charge on any atom is -0.557 e. The van der Waals surface area contributed by atoms with Gasteiger partial charge in [0.05, 0.1) is 24.9 Å². The van der Waals surface area contributed by atoms with E-state index in [2.05, 4.69) is 207 Å². The van der Waals surface area contributed by atoms with Crippen LogP contribution in [0.3, 0.4) is 0 Å². The van der Waals surface area contributed by atoms with E-state index < -0.39 is 8.07 Å². The summed E-state index contributed by atoms with van der Waals surface area (Å²) in [5, 5.41) is 2.54. The van der Waals surface area contributed by atoms with Crippen LogP contribution in [-0.4, -0.2) is 22.6 Å². The summed E-state index contributed by atoms with van der Waals surface area (Å²) in [5.41, 5.74) is 15.0. The summed E-state index contributed by atoms with van der Waals surface area (Å²) in [7, 11) is -1.34. The SMILES string of the molecule is CC(C)Cc1cc(-c2[c-]cccc2)ncc1[Si](C)(C)C.CC(C)c1cc(-c2ccccc2)cc(C(C)C)c1-n1c(-c2[c-]oc3ccc(C(C)(C)C)cc23)nc2ccccc21.[Ir]. The van der Waals surface area contributed by atoms with Gasteiger partial charge in [-0.05, 0) is 87.0 Å². The zero-order valence-electron chi connectivity index (χ0n) is 38.1. The van der Waals surface area contributed by atoms with E-state index >= 15 is 0 Å². The molecule has 8 aromatic rings. The smallest absolute Gasteiger partial charge is 0.0798 e. The van der Waals surface area contributed by atoms with Crippen LogP contribution in [0.5, 0.6) is 0 Å². The molecule has 0 unspecified atom stereocenters. The molecule has 1 radical (unpaired) electrons. The standard InChI is InChI=1S/C37H37N2O.C18H24NSi.Ir/c1-23(2)28-19-26(25-13-9-8-10-14-25)20-29(24(3)4)35(28)39-33-16-12-11-15-32(33)38-36(39)31-22-40-34-18-17-27(21-30(31)34)37(5,6)7;1-14(2)11-16-12-17(15-9-7-6-8-10-15)19-13-18(16)20(3,4)5;/h8-21,23-24H,1-7H3;6-9,12-14H,11H2,1-5H3;/q2*-1;. The maximum atomic E-state index is 6.01. The Morgan fingerprint density at radius 1 is 0.738 bits per heavy atom. The first kappa shape index (κ1) is 45.6. The number of hydrogen-bond acceptors (Lipinski definition) is 3. The minimum absolute atomic E-state index is 0. The summed E-state index contributed by atoms with van der Waals surface area (Å²) in [4.78, 5) is 9.91. The average molecular weight is 1000 g/mol. The number of imidazole rings is 1. The van der Waals surface area contributed by atoms with E-state index in [0.717, 1.165) is 51.1 Å². The van der Waals surface area contributed by atoms with E-state index in [1.54, 1.807) is 0 Å². The Morgan fingerprint density at radius 3 is 2.00 bits per heavy atom. The third-order valence-electron chi connectivity index (χ3n) is 11.3. The molecule has 6 heteroatoms. The van der Waals surface area contributed by atoms with Gasteiger partial charge < -0.3 is 14.0 Å². The molecule has 0 saturated carbocycles. The van der Waals surface area contributed by atoms with Gasteiger partial charge in [0, 0.05) is 43.8 Å². The van der Waals surface area contributed by atoms with Crippen LogP contribution in [0.25, 0.3) is 61.5 Å². The summed E-state index contributed by atoms with van der Waals surface area (Å²) < 4.78 is 8.37. The number of furan rings is 1. The first-order valence-corrected chi connectivity index (χ1v) is 25.1. The molecule has 0 atom stereocenters. The number of pyridine rings is 1. The Bertz CT molecular complexity index is 2700. The van der Waals surface area contributed by atoms with Crippen molar-refractivity contribution in [1.82, 2.24) is 14.5 Å². The van der Waals surface area contributed by atoms with Gasteiger partial charge in [-0.25, -0.2) is 0 Å². The first-order chi connectivity index (χ1) is 28.5. The number of fused-ring (bicyclic) bond motifs is 2. The van der Waals surface area contributed by atoms with Crippen molar-refractivity contribution in [2.45, 2.75) is 106 Å². The summed E-state index contributed by atoms with van der Waals surface area (Å²) >= 11 is 0. The number of benzene rings is 5. The van der Waals surface area contributed by atoms with Gasteiger partial charge in [-0.3, -0.25) is 4.98 Å². The van der Waals surface area contributed by atoms with Crippen LogP contribution >= 0.6 is 0 Å². The van der Waals surface area contributed by atoms with Crippen molar-refractivity contribution in [3.63, 3.8) is 0 Å². The average Bonchev–Trinajstić information content (AvgIpc) is 3.81. The van der Waals surface area contributed by atoms with E-state index in [1.807, 2.05) is 18.2 Å². The first-order valence-electron chi connectivity index (χ1n) is 21.6. The van der Waals surface area contributed by atoms with Crippen LogP contribution in [0.2, 0.25) is 19.6 Å². The van der Waals surface area contributed by atoms with Gasteiger partial charge in [0.2, 0.25) is 0 Å². The molecule has 0 aliphatic heterocycles. The quantitative estimate of drug-likeness (QED) is 0.107. The van der Waals surface area contributed by atoms with Crippen molar-refractivity contribution < 1.29 is 24.5 Å². The van der Waals surface area contributed by atoms with Crippen molar-refractivity contribution in [3.8, 4) is 39.5 Å². The molecule has 317 valence electrons. The second-order valence-corrected chi connectivity index (χ2v) is 24.4. The molecule has 3 aromatic heterocycles. The molecular weight excluding hydrogens is 939 g/mol. The molecule has 3 heterocycles. The van der Waals surface area contributed by atoms with E-state index in [-0.39, 0.29) is 25.5 Å². The Labute approximate surface area is 379 Å². The second kappa shape index (κ2) is 18.6. The van der Waals surface area contributed by atoms with Crippen LogP contribution in [0, 0.1) is 18.2 Å². The summed E-state index contributed by atoms with van der Waals surface area (Å²) in [6.45, 7) is 27.6. The van der Waals surface area contributed by atoms with Gasteiger partial charge in [-0.2, -0.15) is 0 Å². The number of hydrogen-bond donors (Lipinski definition) is 0. The minimum atomic E-state index is -1.34. The normalized spacial score (nSPS) is 12.0. The second-order valence-electron chi connectivity index (χ2n) is 19.3. The van der Waals surface area contributed by atoms with E-state index in [0.29, 0.717) is 17.8 Å². The van der Waals surface area contributed by atoms with Crippen molar-refractivity contribution >= 4 is 35.3 Å². The van der Waals surface area contributed by atoms with Gasteiger partial charge in [0.1, 0.15) is 0 Å². The largest absolute Gasteiger partial charge is 0.557 e. The third kappa shape index (κ3) is 9.94. The number of nitrogens with zero attached hydrogens (tertiary/aromatic N) is 3. The Balaban J connectivity index is 0.000000250. The molecule has 0 bridgehead atoms. The van der Waals surface area contributed by atoms with E-state index in [4.69, 9.17) is 9.40 Å². The summed E-state index contributed by atoms with van der Waals surface area (Å²) in [6, 6.07) is 43.9. The van der Waals surface area contributed by atoms with Gasteiger partial charge in [0.25, 0.3) is 0 Å². The third-order valence-corrected chi connectivity index (χ3v) is 13.4. The van der Waals surface area contributed by atoms with Crippen LogP contribution in [0.1, 0.15) is 96.4 Å². The molecule has 0 fully saturated rings. The molecule has 0 amide bonds. The summed E-state index contributed by atoms with van der Waals surface area (Å²) in [6.07, 6.45) is 6.49. The zero-order valence-corrected chi connectivity index (χ0v) is 41.5. The van der Waals surface area contributed by atoms with Crippen molar-refractivity contribution in [1.29, 1.82) is 0 Å². The van der Waals surface area contributed by atoms with E-state index in [9.17, 15) is 0 Å². The fourth-order valence-electron chi connectivity index (χ4n) is 8.12. The number of rotatable bonds is 9. The molecule has 0 spiro atoms. The van der Waals surface area contributed by atoms with Gasteiger partial charge in [-0.1, -0.05) is 171 Å². The maximum absolute atomic E-state index is 6.01. The van der Waals surface area contributed by atoms with Gasteiger partial charge in [-0.15, -0.1) is 35.9 Å². The van der Waals surface area contributed by atoms with Crippen molar-refractivity contribution in [3.05, 3.63) is 156 Å². The van der Waals surface area contributed by atoms with Gasteiger partial charge >= 0.3 is 0 Å². The fraction of sp³-hybridized carbons (Fsp3) is 0.309. The van der Waals surface area contributed by atoms with Crippen LogP contribution in [0.15, 0.2) is 126 Å². The van der Waals surface area contributed by atoms with Crippen molar-refractivity contribution in [2.24, 2.45) is 5.92 Å². The molecule has 0 aliphatic carbocycles. The van der Waals surface area contributed by atoms with Gasteiger partial charge in [0.15, 0.2) is 0 Å². The molecule has 5 aromatic carbocycles. The zero-order chi connectivity index (χ0) is 42.9. The van der Waals surface area contributed by atoms with Crippen molar-refractivity contribution in [2.75, 3.05) is 0 Å². The molecular formula is C55H61IrN3OSi-2. The molecule has 0 aliphatic rings. The molecule has 8 rings (SSSR count). The Kier molecular flexibility index (Phi) is 13.9. The fourth-order valence-corrected chi connectivity index (χ4v) is 9.71. The Hall–Kier alpha value is -4.87. The van der Waals surface area contributed by atoms with Crippen LogP contribution in [-0.2, 0) is 31.9 Å². The molecule has 61 heavy (non-hydrogen) atoms.